The third kappa shape index (κ3) is 4.57. The van der Waals surface area contributed by atoms with Gasteiger partial charge in [-0.3, -0.25) is 4.79 Å². The van der Waals surface area contributed by atoms with Crippen molar-refractivity contribution in [2.24, 2.45) is 5.92 Å². The molecular formula is C21H28N2O4. The lowest BCUT2D eigenvalue weighted by atomic mass is 9.77. The molecule has 1 saturated heterocycles. The summed E-state index contributed by atoms with van der Waals surface area (Å²) in [5, 5.41) is 18.4. The van der Waals surface area contributed by atoms with Gasteiger partial charge in [-0.15, -0.1) is 0 Å². The van der Waals surface area contributed by atoms with E-state index in [1.165, 1.54) is 0 Å². The molecule has 27 heavy (non-hydrogen) atoms. The number of aromatic nitrogens is 1. The Hall–Kier alpha value is -2.18. The topological polar surface area (TPSA) is 84.6 Å². The maximum Gasteiger partial charge on any atom is 0.220 e. The van der Waals surface area contributed by atoms with Crippen molar-refractivity contribution in [3.63, 3.8) is 0 Å². The van der Waals surface area contributed by atoms with Crippen molar-refractivity contribution < 1.29 is 19.2 Å². The number of nitrogens with one attached hydrogen (secondary N) is 1. The second-order valence-corrected chi connectivity index (χ2v) is 7.26. The first-order valence-electron chi connectivity index (χ1n) is 9.55. The number of ether oxygens (including phenoxy) is 1. The molecule has 1 aromatic heterocycles. The number of benzene rings is 1. The summed E-state index contributed by atoms with van der Waals surface area (Å²) < 4.78 is 10.6. The number of nitrogens with zero attached hydrogens (tertiary/aromatic N) is 1. The molecule has 2 aromatic rings. The lowest BCUT2D eigenvalue weighted by molar-refractivity contribution is -0.124. The number of carbonyl (C=O) groups is 1. The van der Waals surface area contributed by atoms with Crippen LogP contribution < -0.4 is 5.32 Å². The first-order chi connectivity index (χ1) is 13.0. The van der Waals surface area contributed by atoms with Gasteiger partial charge in [0.2, 0.25) is 5.91 Å². The van der Waals surface area contributed by atoms with Crippen LogP contribution >= 0.6 is 0 Å². The van der Waals surface area contributed by atoms with E-state index in [0.29, 0.717) is 26.1 Å². The van der Waals surface area contributed by atoms with Crippen molar-refractivity contribution >= 4 is 5.91 Å². The van der Waals surface area contributed by atoms with Gasteiger partial charge in [-0.1, -0.05) is 35.5 Å². The van der Waals surface area contributed by atoms with Crippen molar-refractivity contribution in [2.45, 2.75) is 45.1 Å². The van der Waals surface area contributed by atoms with Crippen molar-refractivity contribution in [1.82, 2.24) is 10.5 Å². The molecule has 2 N–H and O–H groups in total. The molecule has 146 valence electrons. The zero-order valence-corrected chi connectivity index (χ0v) is 16.0. The van der Waals surface area contributed by atoms with Crippen LogP contribution in [0.2, 0.25) is 0 Å². The normalized spacial score (nSPS) is 17.4. The molecule has 1 amide bonds. The highest BCUT2D eigenvalue weighted by Gasteiger charge is 2.39. The van der Waals surface area contributed by atoms with Crippen molar-refractivity contribution in [2.75, 3.05) is 19.8 Å². The zero-order chi connectivity index (χ0) is 19.3. The summed E-state index contributed by atoms with van der Waals surface area (Å²) in [5.74, 6) is 0.719. The Bertz CT molecular complexity index is 733. The molecule has 1 aromatic carbocycles. The van der Waals surface area contributed by atoms with Crippen LogP contribution in [0, 0.1) is 19.8 Å². The van der Waals surface area contributed by atoms with Crippen molar-refractivity contribution in [3.8, 4) is 0 Å². The highest BCUT2D eigenvalue weighted by atomic mass is 16.5. The second-order valence-electron chi connectivity index (χ2n) is 7.26. The molecule has 1 atom stereocenters. The third-order valence-corrected chi connectivity index (χ3v) is 5.51. The van der Waals surface area contributed by atoms with Gasteiger partial charge in [0.1, 0.15) is 11.4 Å². The number of hydrogen-bond acceptors (Lipinski definition) is 5. The summed E-state index contributed by atoms with van der Waals surface area (Å²) in [7, 11) is 0. The molecule has 1 fully saturated rings. The number of hydrogen-bond donors (Lipinski definition) is 2. The maximum atomic E-state index is 12.4. The quantitative estimate of drug-likeness (QED) is 0.781. The Morgan fingerprint density at radius 2 is 1.96 bits per heavy atom. The number of aliphatic hydroxyl groups is 1. The van der Waals surface area contributed by atoms with Crippen LogP contribution in [-0.2, 0) is 21.6 Å². The van der Waals surface area contributed by atoms with Gasteiger partial charge in [-0.25, -0.2) is 0 Å². The van der Waals surface area contributed by atoms with Crippen LogP contribution in [0.5, 0.6) is 0 Å². The molecule has 6 heteroatoms. The Kier molecular flexibility index (Phi) is 6.29. The molecule has 0 bridgehead atoms. The van der Waals surface area contributed by atoms with E-state index in [0.717, 1.165) is 35.4 Å². The molecule has 0 unspecified atom stereocenters. The lowest BCUT2D eigenvalue weighted by Crippen LogP contribution is -2.47. The van der Waals surface area contributed by atoms with Crippen molar-refractivity contribution in [1.29, 1.82) is 0 Å². The van der Waals surface area contributed by atoms with E-state index in [-0.39, 0.29) is 18.4 Å². The summed E-state index contributed by atoms with van der Waals surface area (Å²) in [6, 6.07) is 9.60. The summed E-state index contributed by atoms with van der Waals surface area (Å²) in [4.78, 5) is 12.4. The Morgan fingerprint density at radius 1 is 1.26 bits per heavy atom. The molecule has 3 rings (SSSR count). The summed E-state index contributed by atoms with van der Waals surface area (Å²) in [6.45, 7) is 5.21. The van der Waals surface area contributed by atoms with Crippen LogP contribution in [0.4, 0.5) is 0 Å². The van der Waals surface area contributed by atoms with Gasteiger partial charge in [-0.05, 0) is 44.6 Å². The smallest absolute Gasteiger partial charge is 0.220 e. The molecule has 0 radical (unpaired) electrons. The van der Waals surface area contributed by atoms with Gasteiger partial charge in [-0.2, -0.15) is 0 Å². The Labute approximate surface area is 159 Å². The molecule has 0 saturated carbocycles. The number of aryl methyl sites for hydroxylation is 2. The van der Waals surface area contributed by atoms with Crippen LogP contribution in [0.15, 0.2) is 34.9 Å². The Balaban J connectivity index is 1.64. The monoisotopic (exact) mass is 372 g/mol. The molecule has 0 aliphatic carbocycles. The fourth-order valence-electron chi connectivity index (χ4n) is 3.80. The molecule has 1 aliphatic heterocycles. The molecule has 1 aliphatic rings. The van der Waals surface area contributed by atoms with E-state index < -0.39 is 5.60 Å². The van der Waals surface area contributed by atoms with Gasteiger partial charge in [0.15, 0.2) is 0 Å². The average Bonchev–Trinajstić information content (AvgIpc) is 3.03. The molecule has 6 nitrogen and oxygen atoms in total. The van der Waals surface area contributed by atoms with E-state index in [9.17, 15) is 9.90 Å². The Morgan fingerprint density at radius 3 is 2.59 bits per heavy atom. The van der Waals surface area contributed by atoms with Gasteiger partial charge >= 0.3 is 0 Å². The fraction of sp³-hybridized carbons (Fsp3) is 0.524. The highest BCUT2D eigenvalue weighted by molar-refractivity contribution is 5.76. The molecular weight excluding hydrogens is 344 g/mol. The maximum absolute atomic E-state index is 12.4. The van der Waals surface area contributed by atoms with Gasteiger partial charge in [0, 0.05) is 25.2 Å². The summed E-state index contributed by atoms with van der Waals surface area (Å²) in [5.41, 5.74) is 1.54. The number of amides is 1. The van der Waals surface area contributed by atoms with Gasteiger partial charge < -0.3 is 19.7 Å². The average molecular weight is 372 g/mol. The molecule has 2 heterocycles. The summed E-state index contributed by atoms with van der Waals surface area (Å²) >= 11 is 0. The second kappa shape index (κ2) is 8.67. The van der Waals surface area contributed by atoms with E-state index in [1.54, 1.807) is 0 Å². The van der Waals surface area contributed by atoms with Crippen LogP contribution in [0.1, 0.15) is 41.8 Å². The van der Waals surface area contributed by atoms with E-state index >= 15 is 0 Å². The van der Waals surface area contributed by atoms with Crippen LogP contribution in [0.25, 0.3) is 0 Å². The van der Waals surface area contributed by atoms with Gasteiger partial charge in [0.05, 0.1) is 12.2 Å². The largest absolute Gasteiger partial charge is 0.383 e. The SMILES string of the molecule is Cc1noc(C)c1CCC(=O)NC[C@](O)(c1ccccc1)C1CCOCC1. The first kappa shape index (κ1) is 19.6. The van der Waals surface area contributed by atoms with Crippen LogP contribution in [0.3, 0.4) is 0 Å². The predicted molar refractivity (Wildman–Crippen MR) is 101 cm³/mol. The number of rotatable bonds is 7. The van der Waals surface area contributed by atoms with E-state index in [2.05, 4.69) is 10.5 Å². The highest BCUT2D eigenvalue weighted by Crippen LogP contribution is 2.35. The summed E-state index contributed by atoms with van der Waals surface area (Å²) in [6.07, 6.45) is 2.47. The third-order valence-electron chi connectivity index (χ3n) is 5.51. The lowest BCUT2D eigenvalue weighted by Gasteiger charge is -2.39. The minimum atomic E-state index is -1.09. The standard InChI is InChI=1S/C21H28N2O4/c1-15-19(16(2)27-23-15)8-9-20(24)22-14-21(25,17-6-4-3-5-7-17)18-10-12-26-13-11-18/h3-7,18,25H,8-14H2,1-2H3,(H,22,24)/t21-/m0/s1. The predicted octanol–water partition coefficient (Wildman–Crippen LogP) is 2.65. The molecule has 0 spiro atoms. The van der Waals surface area contributed by atoms with Crippen molar-refractivity contribution in [3.05, 3.63) is 52.9 Å². The number of carbonyl (C=O) groups excluding carboxylic acids is 1. The fourth-order valence-corrected chi connectivity index (χ4v) is 3.80. The zero-order valence-electron chi connectivity index (χ0n) is 16.0. The van der Waals surface area contributed by atoms with Crippen LogP contribution in [-0.4, -0.2) is 35.9 Å². The van der Waals surface area contributed by atoms with E-state index in [4.69, 9.17) is 9.26 Å². The minimum Gasteiger partial charge on any atom is -0.383 e. The minimum absolute atomic E-state index is 0.0523. The van der Waals surface area contributed by atoms with Gasteiger partial charge in [0.25, 0.3) is 0 Å². The van der Waals surface area contributed by atoms with E-state index in [1.807, 2.05) is 44.2 Å². The first-order valence-corrected chi connectivity index (χ1v) is 9.55.